The topological polar surface area (TPSA) is 6.48 Å². The first-order valence-corrected chi connectivity index (χ1v) is 26.0. The van der Waals surface area contributed by atoms with Crippen molar-refractivity contribution >= 4 is 0 Å². The highest BCUT2D eigenvalue weighted by Crippen LogP contribution is 2.48. The summed E-state index contributed by atoms with van der Waals surface area (Å²) in [6.07, 6.45) is 51.3. The van der Waals surface area contributed by atoms with Gasteiger partial charge in [0, 0.05) is 22.2 Å². The van der Waals surface area contributed by atoms with Crippen LogP contribution in [0.5, 0.6) is 0 Å². The third-order valence-corrected chi connectivity index (χ3v) is 14.5. The second-order valence-corrected chi connectivity index (χ2v) is 22.1. The molecule has 0 amide bonds. The maximum absolute atomic E-state index is 2.91. The second-order valence-electron chi connectivity index (χ2n) is 22.1. The van der Waals surface area contributed by atoms with Crippen LogP contribution in [0.2, 0.25) is 0 Å². The summed E-state index contributed by atoms with van der Waals surface area (Å²) in [6.45, 7) is 27.6. The summed E-state index contributed by atoms with van der Waals surface area (Å²) in [6, 6.07) is 0. The minimum Gasteiger partial charge on any atom is -0.292 e. The van der Waals surface area contributed by atoms with Gasteiger partial charge in [0.25, 0.3) is 0 Å². The van der Waals surface area contributed by atoms with Crippen molar-refractivity contribution in [1.29, 1.82) is 0 Å². The Morgan fingerprint density at radius 2 is 0.429 bits per heavy atom. The lowest BCUT2D eigenvalue weighted by Gasteiger charge is -2.57. The van der Waals surface area contributed by atoms with Gasteiger partial charge in [0.1, 0.15) is 0 Å². The van der Waals surface area contributed by atoms with Gasteiger partial charge in [-0.05, 0) is 107 Å². The number of nitrogens with zero attached hydrogens (tertiary/aromatic N) is 2. The zero-order chi connectivity index (χ0) is 41.2. The molecule has 2 saturated heterocycles. The van der Waals surface area contributed by atoms with Crippen molar-refractivity contribution in [2.24, 2.45) is 0 Å². The molecule has 0 N–H and O–H groups in total. The monoisotopic (exact) mass is 783 g/mol. The maximum Gasteiger partial charge on any atom is 0.0195 e. The van der Waals surface area contributed by atoms with E-state index in [1.807, 2.05) is 11.1 Å². The van der Waals surface area contributed by atoms with Crippen LogP contribution in [0.25, 0.3) is 0 Å². The lowest BCUT2D eigenvalue weighted by atomic mass is 9.69. The third kappa shape index (κ3) is 21.3. The van der Waals surface area contributed by atoms with Crippen molar-refractivity contribution in [2.45, 2.75) is 323 Å². The molecule has 0 spiro atoms. The fourth-order valence-electron chi connectivity index (χ4n) is 11.6. The standard InChI is InChI=1S/C54H106N2/c1-11-13-15-17-19-21-23-25-27-29-31-33-35-37-39-41-43-55-51(3,4)45-49(46-52(55,5)6)50-47-53(7,8)56(54(9,10)48-50)44-42-40-38-36-34-32-30-28-26-24-22-20-18-16-14-12-2/h11-48H2,1-10H3. The van der Waals surface area contributed by atoms with Crippen LogP contribution >= 0.6 is 0 Å². The number of likely N-dealkylation sites (tertiary alicyclic amines) is 2. The van der Waals surface area contributed by atoms with E-state index in [0.29, 0.717) is 0 Å². The predicted octanol–water partition coefficient (Wildman–Crippen LogP) is 18.1. The number of piperidine rings is 2. The van der Waals surface area contributed by atoms with Gasteiger partial charge >= 0.3 is 0 Å². The highest BCUT2D eigenvalue weighted by atomic mass is 15.3. The van der Waals surface area contributed by atoms with E-state index in [1.165, 1.54) is 244 Å². The normalized spacial score (nSPS) is 19.6. The molecule has 332 valence electrons. The van der Waals surface area contributed by atoms with E-state index in [4.69, 9.17) is 0 Å². The molecule has 0 bridgehead atoms. The summed E-state index contributed by atoms with van der Waals surface area (Å²) in [7, 11) is 0. The number of hydrogen-bond acceptors (Lipinski definition) is 2. The summed E-state index contributed by atoms with van der Waals surface area (Å²) in [5.41, 5.74) is 4.56. The quantitative estimate of drug-likeness (QED) is 0.0474. The van der Waals surface area contributed by atoms with Crippen LogP contribution in [0, 0.1) is 0 Å². The van der Waals surface area contributed by atoms with Crippen LogP contribution in [-0.4, -0.2) is 45.0 Å². The smallest absolute Gasteiger partial charge is 0.0195 e. The predicted molar refractivity (Wildman–Crippen MR) is 254 cm³/mol. The summed E-state index contributed by atoms with van der Waals surface area (Å²) >= 11 is 0. The number of rotatable bonds is 34. The van der Waals surface area contributed by atoms with Gasteiger partial charge in [0.05, 0.1) is 0 Å². The van der Waals surface area contributed by atoms with Gasteiger partial charge in [0.15, 0.2) is 0 Å². The second kappa shape index (κ2) is 29.0. The number of unbranched alkanes of at least 4 members (excludes halogenated alkanes) is 30. The van der Waals surface area contributed by atoms with Crippen molar-refractivity contribution in [3.8, 4) is 0 Å². The van der Waals surface area contributed by atoms with Crippen LogP contribution < -0.4 is 0 Å². The van der Waals surface area contributed by atoms with E-state index in [9.17, 15) is 0 Å². The largest absolute Gasteiger partial charge is 0.292 e. The Kier molecular flexibility index (Phi) is 26.8. The summed E-state index contributed by atoms with van der Waals surface area (Å²) in [4.78, 5) is 5.83. The van der Waals surface area contributed by atoms with Gasteiger partial charge in [-0.2, -0.15) is 0 Å². The van der Waals surface area contributed by atoms with Gasteiger partial charge in [0.2, 0.25) is 0 Å². The molecule has 56 heavy (non-hydrogen) atoms. The molecule has 0 aromatic rings. The van der Waals surface area contributed by atoms with Crippen molar-refractivity contribution in [1.82, 2.24) is 9.80 Å². The maximum atomic E-state index is 2.91. The Morgan fingerprint density at radius 1 is 0.268 bits per heavy atom. The fourth-order valence-corrected chi connectivity index (χ4v) is 11.6. The lowest BCUT2D eigenvalue weighted by molar-refractivity contribution is -0.0188. The SMILES string of the molecule is CCCCCCCCCCCCCCCCCCN1C(C)(C)CC(=C2CC(C)(C)N(CCCCCCCCCCCCCCCCCC)C(C)(C)C2)CC1(C)C. The van der Waals surface area contributed by atoms with E-state index in [-0.39, 0.29) is 22.2 Å². The van der Waals surface area contributed by atoms with E-state index in [1.54, 1.807) is 0 Å². The van der Waals surface area contributed by atoms with Crippen LogP contribution in [0.1, 0.15) is 300 Å². The molecule has 0 radical (unpaired) electrons. The Morgan fingerprint density at radius 3 is 0.607 bits per heavy atom. The fraction of sp³-hybridized carbons (Fsp3) is 0.963. The van der Waals surface area contributed by atoms with Crippen LogP contribution in [-0.2, 0) is 0 Å². The molecule has 2 fully saturated rings. The zero-order valence-corrected chi connectivity index (χ0v) is 40.8. The highest BCUT2D eigenvalue weighted by molar-refractivity contribution is 5.29. The molecule has 0 aliphatic carbocycles. The van der Waals surface area contributed by atoms with E-state index < -0.39 is 0 Å². The minimum absolute atomic E-state index is 0.235. The highest BCUT2D eigenvalue weighted by Gasteiger charge is 2.47. The van der Waals surface area contributed by atoms with Crippen LogP contribution in [0.15, 0.2) is 11.1 Å². The molecule has 2 aliphatic rings. The molecular formula is C54H106N2. The molecule has 2 rings (SSSR count). The van der Waals surface area contributed by atoms with Crippen LogP contribution in [0.3, 0.4) is 0 Å². The molecule has 0 unspecified atom stereocenters. The van der Waals surface area contributed by atoms with Crippen molar-refractivity contribution < 1.29 is 0 Å². The van der Waals surface area contributed by atoms with Gasteiger partial charge in [-0.1, -0.05) is 218 Å². The first-order valence-electron chi connectivity index (χ1n) is 26.0. The van der Waals surface area contributed by atoms with E-state index in [0.717, 1.165) is 0 Å². The van der Waals surface area contributed by atoms with Gasteiger partial charge in [-0.15, -0.1) is 0 Å². The first-order chi connectivity index (χ1) is 26.8. The Bertz CT molecular complexity index is 866. The van der Waals surface area contributed by atoms with Gasteiger partial charge in [-0.3, -0.25) is 9.80 Å². The average molecular weight is 783 g/mol. The molecule has 2 heteroatoms. The number of hydrogen-bond donors (Lipinski definition) is 0. The molecular weight excluding hydrogens is 677 g/mol. The van der Waals surface area contributed by atoms with Crippen LogP contribution in [0.4, 0.5) is 0 Å². The molecule has 2 aliphatic heterocycles. The molecule has 0 aromatic carbocycles. The third-order valence-electron chi connectivity index (χ3n) is 14.5. The summed E-state index contributed by atoms with van der Waals surface area (Å²) < 4.78 is 0. The lowest BCUT2D eigenvalue weighted by Crippen LogP contribution is -2.61. The summed E-state index contributed by atoms with van der Waals surface area (Å²) in [5, 5.41) is 0. The van der Waals surface area contributed by atoms with Crippen molar-refractivity contribution in [3.05, 3.63) is 11.1 Å². The Hall–Kier alpha value is -0.340. The molecule has 2 heterocycles. The van der Waals surface area contributed by atoms with Crippen molar-refractivity contribution in [2.75, 3.05) is 13.1 Å². The van der Waals surface area contributed by atoms with Gasteiger partial charge < -0.3 is 0 Å². The molecule has 0 atom stereocenters. The zero-order valence-electron chi connectivity index (χ0n) is 40.8. The molecule has 0 aromatic heterocycles. The first kappa shape index (κ1) is 51.8. The minimum atomic E-state index is 0.235. The summed E-state index contributed by atoms with van der Waals surface area (Å²) in [5.74, 6) is 0. The van der Waals surface area contributed by atoms with Crippen molar-refractivity contribution in [3.63, 3.8) is 0 Å². The van der Waals surface area contributed by atoms with E-state index in [2.05, 4.69) is 79.0 Å². The van der Waals surface area contributed by atoms with Gasteiger partial charge in [-0.25, -0.2) is 0 Å². The molecule has 0 saturated carbocycles. The van der Waals surface area contributed by atoms with E-state index >= 15 is 0 Å². The molecule has 2 nitrogen and oxygen atoms in total. The Labute approximate surface area is 355 Å². The average Bonchev–Trinajstić information content (AvgIpc) is 3.12. The Balaban J connectivity index is 1.65.